The number of nitrogens with zero attached hydrogens (tertiary/aromatic N) is 4. The van der Waals surface area contributed by atoms with E-state index >= 15 is 0 Å². The van der Waals surface area contributed by atoms with Crippen molar-refractivity contribution in [3.8, 4) is 0 Å². The van der Waals surface area contributed by atoms with Gasteiger partial charge in [0.2, 0.25) is 11.8 Å². The van der Waals surface area contributed by atoms with Gasteiger partial charge in [0.05, 0.1) is 17.8 Å². The van der Waals surface area contributed by atoms with E-state index in [-0.39, 0.29) is 11.6 Å². The van der Waals surface area contributed by atoms with Crippen LogP contribution >= 0.6 is 23.1 Å². The average Bonchev–Trinajstić information content (AvgIpc) is 3.38. The van der Waals surface area contributed by atoms with E-state index < -0.39 is 5.82 Å². The molecular weight excluding hydrogens is 423 g/mol. The predicted molar refractivity (Wildman–Crippen MR) is 114 cm³/mol. The predicted octanol–water partition coefficient (Wildman–Crippen LogP) is 5.23. The second-order valence-corrected chi connectivity index (χ2v) is 8.10. The monoisotopic (exact) mass is 440 g/mol. The van der Waals surface area contributed by atoms with Gasteiger partial charge in [-0.25, -0.2) is 9.37 Å². The van der Waals surface area contributed by atoms with Crippen molar-refractivity contribution in [2.45, 2.75) is 24.3 Å². The Balaban J connectivity index is 1.42. The van der Waals surface area contributed by atoms with Crippen LogP contribution in [-0.2, 0) is 17.0 Å². The lowest BCUT2D eigenvalue weighted by Crippen LogP contribution is -2.23. The molecule has 9 heteroatoms. The highest BCUT2D eigenvalue weighted by Gasteiger charge is 2.21. The molecule has 0 aliphatic rings. The van der Waals surface area contributed by atoms with Crippen LogP contribution in [0.15, 0.2) is 69.6 Å². The number of para-hydroxylation sites is 1. The summed E-state index contributed by atoms with van der Waals surface area (Å²) in [6.45, 7) is 1.38. The topological polar surface area (TPSA) is 72.1 Å². The highest BCUT2D eigenvalue weighted by atomic mass is 32.2. The molecule has 1 amide bonds. The second-order valence-electron chi connectivity index (χ2n) is 6.34. The Bertz CT molecular complexity index is 1150. The Hall–Kier alpha value is -3.04. The number of hydrogen-bond donors (Lipinski definition) is 0. The van der Waals surface area contributed by atoms with E-state index in [0.29, 0.717) is 28.4 Å². The van der Waals surface area contributed by atoms with Gasteiger partial charge >= 0.3 is 0 Å². The molecule has 4 rings (SSSR count). The van der Waals surface area contributed by atoms with Crippen LogP contribution in [0.1, 0.15) is 24.1 Å². The number of benzene rings is 2. The zero-order valence-corrected chi connectivity index (χ0v) is 17.6. The van der Waals surface area contributed by atoms with E-state index in [9.17, 15) is 9.18 Å². The van der Waals surface area contributed by atoms with Crippen molar-refractivity contribution < 1.29 is 13.6 Å². The van der Waals surface area contributed by atoms with Crippen molar-refractivity contribution in [3.05, 3.63) is 82.9 Å². The fourth-order valence-corrected chi connectivity index (χ4v) is 4.44. The van der Waals surface area contributed by atoms with E-state index in [1.165, 1.54) is 41.0 Å². The minimum atomic E-state index is -0.476. The Labute approximate surface area is 180 Å². The molecule has 0 bridgehead atoms. The standard InChI is InChI=1S/C21H17FN4O2S2/c1-14(27)26(18-10-6-5-9-17(18)22)20-23-16(12-29-20)13-30-21-25-24-19(28-21)11-15-7-3-2-4-8-15/h2-10,12H,11,13H2,1H3. The molecule has 152 valence electrons. The second kappa shape index (κ2) is 9.19. The summed E-state index contributed by atoms with van der Waals surface area (Å²) in [6, 6.07) is 16.0. The van der Waals surface area contributed by atoms with Gasteiger partial charge in [-0.05, 0) is 17.7 Å². The van der Waals surface area contributed by atoms with Crippen molar-refractivity contribution in [1.29, 1.82) is 0 Å². The number of carbonyl (C=O) groups is 1. The first-order valence-corrected chi connectivity index (χ1v) is 11.0. The molecule has 0 aliphatic carbocycles. The third kappa shape index (κ3) is 4.74. The van der Waals surface area contributed by atoms with Crippen LogP contribution in [0, 0.1) is 5.82 Å². The van der Waals surface area contributed by atoms with Crippen molar-refractivity contribution in [2.24, 2.45) is 0 Å². The van der Waals surface area contributed by atoms with E-state index in [1.54, 1.807) is 18.2 Å². The molecule has 6 nitrogen and oxygen atoms in total. The maximum atomic E-state index is 14.2. The summed E-state index contributed by atoms with van der Waals surface area (Å²) in [7, 11) is 0. The van der Waals surface area contributed by atoms with Crippen LogP contribution in [0.2, 0.25) is 0 Å². The minimum Gasteiger partial charge on any atom is -0.416 e. The zero-order valence-electron chi connectivity index (χ0n) is 16.0. The first-order valence-electron chi connectivity index (χ1n) is 9.09. The summed E-state index contributed by atoms with van der Waals surface area (Å²) < 4.78 is 19.9. The molecule has 0 radical (unpaired) electrons. The fourth-order valence-electron chi connectivity index (χ4n) is 2.78. The van der Waals surface area contributed by atoms with E-state index in [2.05, 4.69) is 15.2 Å². The summed E-state index contributed by atoms with van der Waals surface area (Å²) in [5.74, 6) is 0.253. The zero-order chi connectivity index (χ0) is 20.9. The van der Waals surface area contributed by atoms with Gasteiger partial charge in [-0.1, -0.05) is 54.2 Å². The molecule has 0 saturated heterocycles. The summed E-state index contributed by atoms with van der Waals surface area (Å²) >= 11 is 2.64. The van der Waals surface area contributed by atoms with Gasteiger partial charge in [-0.15, -0.1) is 21.5 Å². The smallest absolute Gasteiger partial charge is 0.276 e. The summed E-state index contributed by atoms with van der Waals surface area (Å²) in [4.78, 5) is 17.9. The first kappa shape index (κ1) is 20.2. The highest BCUT2D eigenvalue weighted by molar-refractivity contribution is 7.98. The third-order valence-electron chi connectivity index (χ3n) is 4.13. The highest BCUT2D eigenvalue weighted by Crippen LogP contribution is 2.32. The molecular formula is C21H17FN4O2S2. The van der Waals surface area contributed by atoms with Crippen LogP contribution in [0.25, 0.3) is 0 Å². The number of thiazole rings is 1. The van der Waals surface area contributed by atoms with Gasteiger partial charge in [0.15, 0.2) is 5.13 Å². The van der Waals surface area contributed by atoms with Gasteiger partial charge < -0.3 is 4.42 Å². The molecule has 0 N–H and O–H groups in total. The van der Waals surface area contributed by atoms with Crippen LogP contribution in [0.3, 0.4) is 0 Å². The van der Waals surface area contributed by atoms with Crippen molar-refractivity contribution >= 4 is 39.8 Å². The SMILES string of the molecule is CC(=O)N(c1nc(CSc2nnc(Cc3ccccc3)o2)cs1)c1ccccc1F. The number of halogens is 1. The van der Waals surface area contributed by atoms with Crippen LogP contribution in [-0.4, -0.2) is 21.1 Å². The molecule has 30 heavy (non-hydrogen) atoms. The van der Waals surface area contributed by atoms with Crippen LogP contribution < -0.4 is 4.90 Å². The molecule has 0 spiro atoms. The van der Waals surface area contributed by atoms with E-state index in [0.717, 1.165) is 11.3 Å². The van der Waals surface area contributed by atoms with Gasteiger partial charge in [0.1, 0.15) is 5.82 Å². The molecule has 0 unspecified atom stereocenters. The molecule has 4 aromatic rings. The largest absolute Gasteiger partial charge is 0.416 e. The van der Waals surface area contributed by atoms with Crippen molar-refractivity contribution in [2.75, 3.05) is 4.90 Å². The Kier molecular flexibility index (Phi) is 6.20. The van der Waals surface area contributed by atoms with E-state index in [1.807, 2.05) is 35.7 Å². The Morgan fingerprint density at radius 2 is 1.90 bits per heavy atom. The minimum absolute atomic E-state index is 0.181. The lowest BCUT2D eigenvalue weighted by atomic mass is 10.2. The maximum absolute atomic E-state index is 14.2. The molecule has 0 aliphatic heterocycles. The van der Waals surface area contributed by atoms with Crippen LogP contribution in [0.5, 0.6) is 0 Å². The normalized spacial score (nSPS) is 10.9. The average molecular weight is 441 g/mol. The third-order valence-corrected chi connectivity index (χ3v) is 5.86. The summed E-state index contributed by atoms with van der Waals surface area (Å²) in [5, 5.41) is 10.8. The molecule has 0 saturated carbocycles. The van der Waals surface area contributed by atoms with Gasteiger partial charge in [0, 0.05) is 18.1 Å². The van der Waals surface area contributed by atoms with Gasteiger partial charge in [-0.2, -0.15) is 0 Å². The van der Waals surface area contributed by atoms with Crippen molar-refractivity contribution in [3.63, 3.8) is 0 Å². The van der Waals surface area contributed by atoms with Gasteiger partial charge in [-0.3, -0.25) is 9.69 Å². The Morgan fingerprint density at radius 1 is 1.13 bits per heavy atom. The molecule has 2 aromatic heterocycles. The number of amides is 1. The molecule has 0 fully saturated rings. The van der Waals surface area contributed by atoms with E-state index in [4.69, 9.17) is 4.42 Å². The lowest BCUT2D eigenvalue weighted by molar-refractivity contribution is -0.115. The number of hydrogen-bond acceptors (Lipinski definition) is 7. The molecule has 2 heterocycles. The first-order chi connectivity index (χ1) is 14.6. The Morgan fingerprint density at radius 3 is 2.67 bits per heavy atom. The van der Waals surface area contributed by atoms with Crippen LogP contribution in [0.4, 0.5) is 15.2 Å². The summed E-state index contributed by atoms with van der Waals surface area (Å²) in [6.07, 6.45) is 0.575. The number of rotatable bonds is 7. The quantitative estimate of drug-likeness (QED) is 0.366. The molecule has 2 aromatic carbocycles. The molecule has 0 atom stereocenters. The fraction of sp³-hybridized carbons (Fsp3) is 0.143. The maximum Gasteiger partial charge on any atom is 0.276 e. The lowest BCUT2D eigenvalue weighted by Gasteiger charge is -2.18. The van der Waals surface area contributed by atoms with Crippen molar-refractivity contribution in [1.82, 2.24) is 15.2 Å². The van der Waals surface area contributed by atoms with Gasteiger partial charge in [0.25, 0.3) is 5.22 Å². The number of carbonyl (C=O) groups excluding carboxylic acids is 1. The summed E-state index contributed by atoms with van der Waals surface area (Å²) in [5.41, 5.74) is 2.02. The number of thioether (sulfide) groups is 1. The number of aromatic nitrogens is 3. The number of anilines is 2.